The van der Waals surface area contributed by atoms with Crippen LogP contribution in [0.4, 0.5) is 0 Å². The van der Waals surface area contributed by atoms with Gasteiger partial charge in [0.1, 0.15) is 5.82 Å². The number of benzene rings is 2. The second-order valence-electron chi connectivity index (χ2n) is 4.34. The maximum atomic E-state index is 9.85. The highest BCUT2D eigenvalue weighted by atomic mass is 35.5. The molecule has 1 aromatic heterocycles. The minimum absolute atomic E-state index is 0.0478. The molecule has 0 aliphatic carbocycles. The van der Waals surface area contributed by atoms with Gasteiger partial charge in [0.15, 0.2) is 11.5 Å². The number of nitrogens with zero attached hydrogens (tertiary/aromatic N) is 1. The second-order valence-corrected chi connectivity index (χ2v) is 4.75. The van der Waals surface area contributed by atoms with E-state index in [1.54, 1.807) is 12.1 Å². The molecular weight excluding hydrogens is 276 g/mol. The number of aromatic nitrogens is 2. The number of hydrogen-bond donors (Lipinski definition) is 2. The van der Waals surface area contributed by atoms with Crippen molar-refractivity contribution in [3.63, 3.8) is 0 Å². The van der Waals surface area contributed by atoms with Crippen molar-refractivity contribution in [1.82, 2.24) is 9.97 Å². The number of phenols is 1. The SMILES string of the molecule is CCOc1cc(-c2nc3ccccc3[nH]2)cc(Cl)c1O. The molecule has 102 valence electrons. The molecule has 0 radical (unpaired) electrons. The van der Waals surface area contributed by atoms with E-state index in [0.29, 0.717) is 18.2 Å². The number of aromatic hydroxyl groups is 1. The molecule has 0 aliphatic rings. The fraction of sp³-hybridized carbons (Fsp3) is 0.133. The first-order valence-corrected chi connectivity index (χ1v) is 6.67. The van der Waals surface area contributed by atoms with Crippen LogP contribution in [0.2, 0.25) is 5.02 Å². The van der Waals surface area contributed by atoms with Gasteiger partial charge >= 0.3 is 0 Å². The highest BCUT2D eigenvalue weighted by Crippen LogP contribution is 2.38. The number of hydrogen-bond acceptors (Lipinski definition) is 3. The number of halogens is 1. The quantitative estimate of drug-likeness (QED) is 0.766. The molecule has 0 aliphatic heterocycles. The van der Waals surface area contributed by atoms with Crippen molar-refractivity contribution in [2.75, 3.05) is 6.61 Å². The van der Waals surface area contributed by atoms with E-state index >= 15 is 0 Å². The van der Waals surface area contributed by atoms with E-state index in [4.69, 9.17) is 16.3 Å². The molecule has 2 N–H and O–H groups in total. The van der Waals surface area contributed by atoms with E-state index < -0.39 is 0 Å². The molecule has 3 aromatic rings. The number of H-pyrrole nitrogens is 1. The number of aromatic amines is 1. The Kier molecular flexibility index (Phi) is 3.24. The summed E-state index contributed by atoms with van der Waals surface area (Å²) in [5.74, 6) is 0.998. The summed E-state index contributed by atoms with van der Waals surface area (Å²) in [4.78, 5) is 7.72. The van der Waals surface area contributed by atoms with Crippen LogP contribution in [0.1, 0.15) is 6.92 Å². The van der Waals surface area contributed by atoms with Crippen LogP contribution in [0.25, 0.3) is 22.4 Å². The second kappa shape index (κ2) is 5.06. The number of imidazole rings is 1. The van der Waals surface area contributed by atoms with Crippen LogP contribution in [0, 0.1) is 0 Å². The molecule has 0 spiro atoms. The van der Waals surface area contributed by atoms with Gasteiger partial charge in [0.2, 0.25) is 0 Å². The Morgan fingerprint density at radius 1 is 1.30 bits per heavy atom. The largest absolute Gasteiger partial charge is 0.503 e. The van der Waals surface area contributed by atoms with Crippen LogP contribution in [0.3, 0.4) is 0 Å². The molecule has 0 saturated carbocycles. The molecule has 1 heterocycles. The smallest absolute Gasteiger partial charge is 0.176 e. The minimum Gasteiger partial charge on any atom is -0.503 e. The third-order valence-electron chi connectivity index (χ3n) is 2.99. The average molecular weight is 289 g/mol. The molecule has 2 aromatic carbocycles. The molecule has 5 heteroatoms. The normalized spacial score (nSPS) is 10.9. The van der Waals surface area contributed by atoms with E-state index in [-0.39, 0.29) is 10.8 Å². The van der Waals surface area contributed by atoms with Crippen LogP contribution in [0.5, 0.6) is 11.5 Å². The van der Waals surface area contributed by atoms with Crippen LogP contribution in [-0.2, 0) is 0 Å². The molecule has 20 heavy (non-hydrogen) atoms. The van der Waals surface area contributed by atoms with E-state index in [1.165, 1.54) is 0 Å². The molecule has 0 saturated heterocycles. The van der Waals surface area contributed by atoms with Crippen molar-refractivity contribution in [2.24, 2.45) is 0 Å². The Bertz CT molecular complexity index is 735. The Hall–Kier alpha value is -2.20. The third-order valence-corrected chi connectivity index (χ3v) is 3.28. The van der Waals surface area contributed by atoms with E-state index in [0.717, 1.165) is 16.6 Å². The van der Waals surface area contributed by atoms with E-state index in [2.05, 4.69) is 9.97 Å². The zero-order chi connectivity index (χ0) is 14.1. The average Bonchev–Trinajstić information content (AvgIpc) is 2.87. The summed E-state index contributed by atoms with van der Waals surface area (Å²) < 4.78 is 5.38. The summed E-state index contributed by atoms with van der Waals surface area (Å²) in [6.07, 6.45) is 0. The Balaban J connectivity index is 2.13. The van der Waals surface area contributed by atoms with Crippen molar-refractivity contribution in [3.8, 4) is 22.9 Å². The van der Waals surface area contributed by atoms with Gasteiger partial charge in [-0.15, -0.1) is 0 Å². The molecule has 4 nitrogen and oxygen atoms in total. The molecule has 0 amide bonds. The molecular formula is C15H13ClN2O2. The number of ether oxygens (including phenoxy) is 1. The summed E-state index contributed by atoms with van der Waals surface area (Å²) in [5, 5.41) is 10.1. The van der Waals surface area contributed by atoms with Crippen LogP contribution < -0.4 is 4.74 Å². The van der Waals surface area contributed by atoms with Crippen LogP contribution in [0.15, 0.2) is 36.4 Å². The number of phenolic OH excluding ortho intramolecular Hbond substituents is 1. The minimum atomic E-state index is -0.0478. The zero-order valence-corrected chi connectivity index (χ0v) is 11.6. The van der Waals surface area contributed by atoms with E-state index in [9.17, 15) is 5.11 Å². The Morgan fingerprint density at radius 2 is 2.10 bits per heavy atom. The summed E-state index contributed by atoms with van der Waals surface area (Å²) in [7, 11) is 0. The monoisotopic (exact) mass is 288 g/mol. The predicted octanol–water partition coefficient (Wildman–Crippen LogP) is 3.99. The summed E-state index contributed by atoms with van der Waals surface area (Å²) in [5.41, 5.74) is 2.60. The first kappa shape index (κ1) is 12.8. The first-order valence-electron chi connectivity index (χ1n) is 6.29. The predicted molar refractivity (Wildman–Crippen MR) is 79.4 cm³/mol. The van der Waals surface area contributed by atoms with E-state index in [1.807, 2.05) is 31.2 Å². The van der Waals surface area contributed by atoms with Gasteiger partial charge in [0.25, 0.3) is 0 Å². The highest BCUT2D eigenvalue weighted by Gasteiger charge is 2.13. The van der Waals surface area contributed by atoms with Gasteiger partial charge < -0.3 is 14.8 Å². The maximum absolute atomic E-state index is 9.85. The lowest BCUT2D eigenvalue weighted by molar-refractivity contribution is 0.318. The molecule has 0 bridgehead atoms. The lowest BCUT2D eigenvalue weighted by Gasteiger charge is -2.08. The van der Waals surface area contributed by atoms with Crippen molar-refractivity contribution in [3.05, 3.63) is 41.4 Å². The van der Waals surface area contributed by atoms with Crippen LogP contribution >= 0.6 is 11.6 Å². The number of para-hydroxylation sites is 2. The van der Waals surface area contributed by atoms with Gasteiger partial charge in [-0.2, -0.15) is 0 Å². The lowest BCUT2D eigenvalue weighted by Crippen LogP contribution is -1.93. The topological polar surface area (TPSA) is 58.1 Å². The summed E-state index contributed by atoms with van der Waals surface area (Å²) in [6, 6.07) is 11.2. The van der Waals surface area contributed by atoms with Crippen LogP contribution in [-0.4, -0.2) is 21.7 Å². The fourth-order valence-corrected chi connectivity index (χ4v) is 2.28. The van der Waals surface area contributed by atoms with Gasteiger partial charge in [-0.05, 0) is 31.2 Å². The molecule has 0 fully saturated rings. The Labute approximate surface area is 121 Å². The van der Waals surface area contributed by atoms with Gasteiger partial charge in [-0.25, -0.2) is 4.98 Å². The number of fused-ring (bicyclic) bond motifs is 1. The van der Waals surface area contributed by atoms with Gasteiger partial charge in [0, 0.05) is 5.56 Å². The van der Waals surface area contributed by atoms with Gasteiger partial charge in [-0.3, -0.25) is 0 Å². The standard InChI is InChI=1S/C15H13ClN2O2/c1-2-20-13-8-9(7-10(16)14(13)19)15-17-11-5-3-4-6-12(11)18-15/h3-8,19H,2H2,1H3,(H,17,18). The molecule has 0 unspecified atom stereocenters. The first-order chi connectivity index (χ1) is 9.69. The molecule has 0 atom stereocenters. The fourth-order valence-electron chi connectivity index (χ4n) is 2.07. The summed E-state index contributed by atoms with van der Waals surface area (Å²) >= 11 is 6.03. The molecule has 3 rings (SSSR count). The maximum Gasteiger partial charge on any atom is 0.176 e. The highest BCUT2D eigenvalue weighted by molar-refractivity contribution is 6.32. The lowest BCUT2D eigenvalue weighted by atomic mass is 10.2. The summed E-state index contributed by atoms with van der Waals surface area (Å²) in [6.45, 7) is 2.30. The number of nitrogens with one attached hydrogen (secondary N) is 1. The van der Waals surface area contributed by atoms with Crippen molar-refractivity contribution in [2.45, 2.75) is 6.92 Å². The zero-order valence-electron chi connectivity index (χ0n) is 10.9. The Morgan fingerprint density at radius 3 is 2.85 bits per heavy atom. The van der Waals surface area contributed by atoms with Crippen molar-refractivity contribution in [1.29, 1.82) is 0 Å². The van der Waals surface area contributed by atoms with Gasteiger partial charge in [0.05, 0.1) is 22.7 Å². The van der Waals surface area contributed by atoms with Gasteiger partial charge in [-0.1, -0.05) is 23.7 Å². The number of rotatable bonds is 3. The third kappa shape index (κ3) is 2.18. The van der Waals surface area contributed by atoms with Crippen molar-refractivity contribution < 1.29 is 9.84 Å². The van der Waals surface area contributed by atoms with Crippen molar-refractivity contribution >= 4 is 22.6 Å².